The number of carbonyl (C=O) groups excluding carboxylic acids is 1. The maximum atomic E-state index is 12.0. The van der Waals surface area contributed by atoms with Crippen molar-refractivity contribution in [2.45, 2.75) is 38.8 Å². The molecule has 0 saturated carbocycles. The van der Waals surface area contributed by atoms with Gasteiger partial charge in [0.15, 0.2) is 5.96 Å². The molecule has 0 atom stereocenters. The van der Waals surface area contributed by atoms with Gasteiger partial charge in [0.1, 0.15) is 0 Å². The Hall–Kier alpha value is -1.57. The summed E-state index contributed by atoms with van der Waals surface area (Å²) in [6.45, 7) is 3.38. The van der Waals surface area contributed by atoms with Crippen molar-refractivity contribution in [1.82, 2.24) is 16.0 Å². The smallest absolute Gasteiger partial charge is 0.251 e. The normalized spacial score (nSPS) is 14.2. The summed E-state index contributed by atoms with van der Waals surface area (Å²) in [5, 5.41) is 9.60. The van der Waals surface area contributed by atoms with Crippen molar-refractivity contribution < 1.29 is 4.79 Å². The van der Waals surface area contributed by atoms with Crippen molar-refractivity contribution in [2.75, 3.05) is 13.6 Å². The summed E-state index contributed by atoms with van der Waals surface area (Å²) in [5.41, 5.74) is 1.75. The molecule has 0 fully saturated rings. The predicted octanol–water partition coefficient (Wildman–Crippen LogP) is 2.83. The number of guanidine groups is 1. The number of halogens is 1. The molecule has 0 spiro atoms. The molecule has 5 nitrogen and oxygen atoms in total. The lowest BCUT2D eigenvalue weighted by molar-refractivity contribution is 0.0953. The average molecular weight is 442 g/mol. The number of nitrogens with one attached hydrogen (secondary N) is 3. The largest absolute Gasteiger partial charge is 0.353 e. The molecule has 1 aliphatic carbocycles. The second-order valence-electron chi connectivity index (χ2n) is 5.67. The summed E-state index contributed by atoms with van der Waals surface area (Å²) in [4.78, 5) is 16.3. The molecule has 1 aliphatic rings. The van der Waals surface area contributed by atoms with Gasteiger partial charge in [-0.2, -0.15) is 0 Å². The Balaban J connectivity index is 0.00000288. The van der Waals surface area contributed by atoms with Gasteiger partial charge in [-0.15, -0.1) is 24.0 Å². The van der Waals surface area contributed by atoms with Crippen molar-refractivity contribution in [3.8, 4) is 0 Å². The van der Waals surface area contributed by atoms with Gasteiger partial charge in [0, 0.05) is 31.7 Å². The molecule has 0 bridgehead atoms. The highest BCUT2D eigenvalue weighted by Crippen LogP contribution is 2.09. The van der Waals surface area contributed by atoms with Gasteiger partial charge in [-0.05, 0) is 37.0 Å². The lowest BCUT2D eigenvalue weighted by Crippen LogP contribution is -2.42. The second-order valence-corrected chi connectivity index (χ2v) is 5.67. The second kappa shape index (κ2) is 11.1. The highest BCUT2D eigenvalue weighted by molar-refractivity contribution is 14.0. The number of carbonyl (C=O) groups is 1. The third-order valence-corrected chi connectivity index (χ3v) is 3.76. The van der Waals surface area contributed by atoms with E-state index < -0.39 is 0 Å². The molecule has 3 N–H and O–H groups in total. The fourth-order valence-electron chi connectivity index (χ4n) is 2.47. The van der Waals surface area contributed by atoms with E-state index in [4.69, 9.17) is 0 Å². The Morgan fingerprint density at radius 1 is 1.25 bits per heavy atom. The van der Waals surface area contributed by atoms with Crippen LogP contribution in [0.25, 0.3) is 0 Å². The first-order valence-electron chi connectivity index (χ1n) is 8.22. The molecule has 132 valence electrons. The van der Waals surface area contributed by atoms with Crippen LogP contribution in [0.3, 0.4) is 0 Å². The highest BCUT2D eigenvalue weighted by atomic mass is 127. The molecule has 1 aromatic carbocycles. The maximum Gasteiger partial charge on any atom is 0.251 e. The van der Waals surface area contributed by atoms with Crippen LogP contribution >= 0.6 is 24.0 Å². The third-order valence-electron chi connectivity index (χ3n) is 3.76. The fourth-order valence-corrected chi connectivity index (χ4v) is 2.47. The van der Waals surface area contributed by atoms with Crippen LogP contribution in [0, 0.1) is 0 Å². The van der Waals surface area contributed by atoms with E-state index in [1.165, 1.54) is 0 Å². The SMILES string of the molecule is CCCNC(=O)c1cccc(CNC(=NC)NC2CC=CC2)c1.I. The molecular formula is C18H27IN4O. The van der Waals surface area contributed by atoms with E-state index in [0.717, 1.165) is 30.8 Å². The Labute approximate surface area is 161 Å². The molecule has 0 heterocycles. The van der Waals surface area contributed by atoms with Crippen LogP contribution < -0.4 is 16.0 Å². The maximum absolute atomic E-state index is 12.0. The molecule has 6 heteroatoms. The number of amides is 1. The van der Waals surface area contributed by atoms with E-state index in [1.54, 1.807) is 7.05 Å². The summed E-state index contributed by atoms with van der Waals surface area (Å²) < 4.78 is 0. The number of benzene rings is 1. The van der Waals surface area contributed by atoms with Crippen LogP contribution in [-0.2, 0) is 6.54 Å². The van der Waals surface area contributed by atoms with Crippen molar-refractivity contribution in [2.24, 2.45) is 4.99 Å². The predicted molar refractivity (Wildman–Crippen MR) is 110 cm³/mol. The van der Waals surface area contributed by atoms with Gasteiger partial charge in [0.2, 0.25) is 0 Å². The van der Waals surface area contributed by atoms with Crippen LogP contribution in [-0.4, -0.2) is 31.5 Å². The first-order valence-corrected chi connectivity index (χ1v) is 8.22. The lowest BCUT2D eigenvalue weighted by atomic mass is 10.1. The Bertz CT molecular complexity index is 578. The fraction of sp³-hybridized carbons (Fsp3) is 0.444. The molecule has 1 amide bonds. The number of rotatable bonds is 6. The van der Waals surface area contributed by atoms with Crippen LogP contribution in [0.2, 0.25) is 0 Å². The summed E-state index contributed by atoms with van der Waals surface area (Å²) in [7, 11) is 1.77. The molecule has 0 aliphatic heterocycles. The van der Waals surface area contributed by atoms with E-state index in [-0.39, 0.29) is 29.9 Å². The molecule has 0 aromatic heterocycles. The monoisotopic (exact) mass is 442 g/mol. The minimum Gasteiger partial charge on any atom is -0.353 e. The van der Waals surface area contributed by atoms with E-state index in [9.17, 15) is 4.79 Å². The zero-order valence-corrected chi connectivity index (χ0v) is 16.7. The molecule has 0 unspecified atom stereocenters. The van der Waals surface area contributed by atoms with Crippen molar-refractivity contribution in [1.29, 1.82) is 0 Å². The minimum atomic E-state index is -0.0202. The molecule has 0 saturated heterocycles. The summed E-state index contributed by atoms with van der Waals surface area (Å²) in [5.74, 6) is 0.771. The van der Waals surface area contributed by atoms with Gasteiger partial charge in [-0.1, -0.05) is 31.2 Å². The van der Waals surface area contributed by atoms with E-state index in [1.807, 2.05) is 31.2 Å². The summed E-state index contributed by atoms with van der Waals surface area (Å²) in [6.07, 6.45) is 7.37. The topological polar surface area (TPSA) is 65.5 Å². The summed E-state index contributed by atoms with van der Waals surface area (Å²) >= 11 is 0. The molecular weight excluding hydrogens is 415 g/mol. The number of aliphatic imine (C=N–C) groups is 1. The lowest BCUT2D eigenvalue weighted by Gasteiger charge is -2.17. The van der Waals surface area contributed by atoms with Crippen LogP contribution in [0.4, 0.5) is 0 Å². The Kier molecular flexibility index (Phi) is 9.44. The van der Waals surface area contributed by atoms with Gasteiger partial charge in [-0.25, -0.2) is 0 Å². The van der Waals surface area contributed by atoms with Gasteiger partial charge in [0.05, 0.1) is 0 Å². The summed E-state index contributed by atoms with van der Waals surface area (Å²) in [6, 6.07) is 8.10. The number of hydrogen-bond donors (Lipinski definition) is 3. The van der Waals surface area contributed by atoms with Crippen molar-refractivity contribution in [3.63, 3.8) is 0 Å². The molecule has 24 heavy (non-hydrogen) atoms. The van der Waals surface area contributed by atoms with E-state index in [2.05, 4.69) is 33.1 Å². The third kappa shape index (κ3) is 6.51. The van der Waals surface area contributed by atoms with Gasteiger partial charge < -0.3 is 16.0 Å². The zero-order valence-electron chi connectivity index (χ0n) is 14.3. The number of nitrogens with zero attached hydrogens (tertiary/aromatic N) is 1. The molecule has 2 rings (SSSR count). The Morgan fingerprint density at radius 3 is 2.67 bits per heavy atom. The minimum absolute atomic E-state index is 0. The zero-order chi connectivity index (χ0) is 16.5. The standard InChI is InChI=1S/C18H26N4O.HI/c1-3-11-20-17(23)15-8-6-7-14(12-15)13-21-18(19-2)22-16-9-4-5-10-16;/h4-8,12,16H,3,9-11,13H2,1-2H3,(H,20,23)(H2,19,21,22);1H. The molecule has 0 radical (unpaired) electrons. The first-order chi connectivity index (χ1) is 11.2. The van der Waals surface area contributed by atoms with Crippen LogP contribution in [0.1, 0.15) is 42.1 Å². The first kappa shape index (κ1) is 20.5. The van der Waals surface area contributed by atoms with Crippen LogP contribution in [0.5, 0.6) is 0 Å². The van der Waals surface area contributed by atoms with Crippen LogP contribution in [0.15, 0.2) is 41.4 Å². The average Bonchev–Trinajstić information content (AvgIpc) is 3.09. The van der Waals surface area contributed by atoms with Gasteiger partial charge in [0.25, 0.3) is 5.91 Å². The van der Waals surface area contributed by atoms with Crippen molar-refractivity contribution in [3.05, 3.63) is 47.5 Å². The van der Waals surface area contributed by atoms with Crippen molar-refractivity contribution >= 4 is 35.8 Å². The molecule has 1 aromatic rings. The Morgan fingerprint density at radius 2 is 2.00 bits per heavy atom. The van der Waals surface area contributed by atoms with Gasteiger partial charge >= 0.3 is 0 Å². The van der Waals surface area contributed by atoms with E-state index in [0.29, 0.717) is 24.7 Å². The number of hydrogen-bond acceptors (Lipinski definition) is 2. The van der Waals surface area contributed by atoms with E-state index >= 15 is 0 Å². The van der Waals surface area contributed by atoms with Gasteiger partial charge in [-0.3, -0.25) is 9.79 Å². The highest BCUT2D eigenvalue weighted by Gasteiger charge is 2.11. The quantitative estimate of drug-likeness (QED) is 0.275.